The van der Waals surface area contributed by atoms with Gasteiger partial charge >= 0.3 is 0 Å². The zero-order chi connectivity index (χ0) is 39.7. The quantitative estimate of drug-likeness (QED) is 0.0562. The number of hydrogen-bond donors (Lipinski definition) is 3. The molecule has 1 fully saturated rings. The predicted molar refractivity (Wildman–Crippen MR) is 220 cm³/mol. The third-order valence-corrected chi connectivity index (χ3v) is 10.8. The average Bonchev–Trinajstić information content (AvgIpc) is 4.02. The highest BCUT2D eigenvalue weighted by Gasteiger charge is 2.29. The molecule has 54 heavy (non-hydrogen) atoms. The summed E-state index contributed by atoms with van der Waals surface area (Å²) in [4.78, 5) is 0. The van der Waals surface area contributed by atoms with Gasteiger partial charge in [-0.05, 0) is 89.5 Å². The molecule has 296 valence electrons. The lowest BCUT2D eigenvalue weighted by Crippen LogP contribution is -2.26. The molecule has 7 heteroatoms. The summed E-state index contributed by atoms with van der Waals surface area (Å²) < 4.78 is 21.6. The number of aromatic hydroxyl groups is 2. The van der Waals surface area contributed by atoms with E-state index in [2.05, 4.69) is 79.7 Å². The van der Waals surface area contributed by atoms with Crippen LogP contribution in [0, 0.1) is 11.8 Å². The summed E-state index contributed by atoms with van der Waals surface area (Å²) in [6, 6.07) is 30.7. The van der Waals surface area contributed by atoms with Crippen LogP contribution in [0.5, 0.6) is 23.0 Å². The summed E-state index contributed by atoms with van der Waals surface area (Å²) in [5, 5.41) is 29.1. The molecule has 0 spiro atoms. The van der Waals surface area contributed by atoms with Crippen LogP contribution in [0.3, 0.4) is 0 Å². The van der Waals surface area contributed by atoms with Crippen molar-refractivity contribution < 1.29 is 34.3 Å². The van der Waals surface area contributed by atoms with E-state index in [0.29, 0.717) is 19.3 Å². The van der Waals surface area contributed by atoms with Gasteiger partial charge < -0.3 is 34.3 Å². The molecular formula is C47H66O7. The number of phenols is 2. The molecule has 2 unspecified atom stereocenters. The molecule has 5 rings (SSSR count). The maximum atomic E-state index is 10.2. The second-order valence-corrected chi connectivity index (χ2v) is 15.1. The summed E-state index contributed by atoms with van der Waals surface area (Å²) in [6.07, 6.45) is 4.68. The maximum absolute atomic E-state index is 10.2. The molecule has 0 radical (unpaired) electrons. The molecule has 3 N–H and O–H groups in total. The predicted octanol–water partition coefficient (Wildman–Crippen LogP) is 10.8. The van der Waals surface area contributed by atoms with Crippen LogP contribution in [0.4, 0.5) is 0 Å². The number of benzene rings is 4. The number of epoxide rings is 1. The summed E-state index contributed by atoms with van der Waals surface area (Å²) in [7, 11) is 0. The number of phenolic OH excluding ortho intramolecular Hbond substituents is 2. The topological polar surface area (TPSA) is 101 Å². The Bertz CT molecular complexity index is 1580. The molecule has 4 aromatic carbocycles. The molecule has 1 aliphatic rings. The fourth-order valence-electron chi connectivity index (χ4n) is 6.51. The Hall–Kier alpha value is -4.04. The highest BCUT2D eigenvalue weighted by atomic mass is 16.7. The summed E-state index contributed by atoms with van der Waals surface area (Å²) >= 11 is 0. The molecule has 1 saturated heterocycles. The molecule has 0 aliphatic carbocycles. The standard InChI is InChI=1S/C22H30O3.C18H22O3.C7H14O/c1-5-16(6-2)21(24)15-25-20-13-9-18(10-14-20)22(3,4)17-7-11-19(23)12-8-17;1-4-20-13-21-17-11-7-15(8-12-17)18(2,3)14-5-9-16(19)10-6-14;1-3-6(4-2)7-5-8-7/h7-14,16,21,23-24H,5-6,15H2,1-4H3;5-12,19H,4,13H2,1-3H3;6-7H,3-5H2,1-2H3. The Morgan fingerprint density at radius 3 is 1.28 bits per heavy atom. The van der Waals surface area contributed by atoms with Crippen molar-refractivity contribution in [3.63, 3.8) is 0 Å². The Labute approximate surface area is 325 Å². The van der Waals surface area contributed by atoms with Crippen LogP contribution in [0.2, 0.25) is 0 Å². The fourth-order valence-corrected chi connectivity index (χ4v) is 6.51. The van der Waals surface area contributed by atoms with Crippen molar-refractivity contribution >= 4 is 0 Å². The minimum atomic E-state index is -0.428. The first kappa shape index (κ1) is 44.4. The first-order valence-electron chi connectivity index (χ1n) is 19.7. The van der Waals surface area contributed by atoms with Crippen molar-refractivity contribution in [1.82, 2.24) is 0 Å². The minimum Gasteiger partial charge on any atom is -0.508 e. The van der Waals surface area contributed by atoms with E-state index in [1.807, 2.05) is 55.5 Å². The number of aliphatic hydroxyl groups is 1. The highest BCUT2D eigenvalue weighted by molar-refractivity contribution is 5.43. The maximum Gasteiger partial charge on any atom is 0.189 e. The Balaban J connectivity index is 0.000000243. The van der Waals surface area contributed by atoms with Gasteiger partial charge in [0.25, 0.3) is 0 Å². The van der Waals surface area contributed by atoms with Crippen molar-refractivity contribution in [2.45, 2.75) is 111 Å². The van der Waals surface area contributed by atoms with E-state index in [4.69, 9.17) is 18.9 Å². The monoisotopic (exact) mass is 742 g/mol. The third-order valence-electron chi connectivity index (χ3n) is 10.8. The number of hydrogen-bond acceptors (Lipinski definition) is 7. The molecule has 0 saturated carbocycles. The third kappa shape index (κ3) is 13.4. The van der Waals surface area contributed by atoms with Gasteiger partial charge in [-0.15, -0.1) is 0 Å². The normalized spacial score (nSPS) is 14.4. The van der Waals surface area contributed by atoms with Crippen LogP contribution in [0.15, 0.2) is 97.1 Å². The zero-order valence-corrected chi connectivity index (χ0v) is 34.2. The molecule has 2 atom stereocenters. The molecule has 1 heterocycles. The van der Waals surface area contributed by atoms with Crippen molar-refractivity contribution in [1.29, 1.82) is 0 Å². The second-order valence-electron chi connectivity index (χ2n) is 15.1. The van der Waals surface area contributed by atoms with Gasteiger partial charge in [-0.3, -0.25) is 0 Å². The number of ether oxygens (including phenoxy) is 4. The van der Waals surface area contributed by atoms with Crippen molar-refractivity contribution in [3.8, 4) is 23.0 Å². The molecule has 0 amide bonds. The minimum absolute atomic E-state index is 0.133. The van der Waals surface area contributed by atoms with Gasteiger partial charge in [-0.25, -0.2) is 0 Å². The first-order valence-corrected chi connectivity index (χ1v) is 19.7. The van der Waals surface area contributed by atoms with Crippen LogP contribution in [-0.4, -0.2) is 54.1 Å². The van der Waals surface area contributed by atoms with Crippen molar-refractivity contribution in [2.75, 3.05) is 26.6 Å². The van der Waals surface area contributed by atoms with Gasteiger partial charge in [-0.2, -0.15) is 0 Å². The number of aliphatic hydroxyl groups excluding tert-OH is 1. The lowest BCUT2D eigenvalue weighted by Gasteiger charge is -2.26. The van der Waals surface area contributed by atoms with E-state index in [-0.39, 0.29) is 35.0 Å². The Morgan fingerprint density at radius 2 is 0.963 bits per heavy atom. The smallest absolute Gasteiger partial charge is 0.189 e. The van der Waals surface area contributed by atoms with E-state index in [0.717, 1.165) is 48.0 Å². The van der Waals surface area contributed by atoms with E-state index >= 15 is 0 Å². The van der Waals surface area contributed by atoms with Gasteiger partial charge in [0, 0.05) is 17.4 Å². The first-order chi connectivity index (χ1) is 25.8. The van der Waals surface area contributed by atoms with Gasteiger partial charge in [0.1, 0.15) is 29.6 Å². The lowest BCUT2D eigenvalue weighted by atomic mass is 9.78. The Morgan fingerprint density at radius 1 is 0.593 bits per heavy atom. The van der Waals surface area contributed by atoms with Crippen LogP contribution < -0.4 is 9.47 Å². The molecule has 0 aromatic heterocycles. The van der Waals surface area contributed by atoms with Gasteiger partial charge in [0.15, 0.2) is 6.79 Å². The highest BCUT2D eigenvalue weighted by Crippen LogP contribution is 2.34. The van der Waals surface area contributed by atoms with Gasteiger partial charge in [0.05, 0.1) is 18.8 Å². The van der Waals surface area contributed by atoms with E-state index in [1.165, 1.54) is 24.0 Å². The van der Waals surface area contributed by atoms with Crippen molar-refractivity contribution in [3.05, 3.63) is 119 Å². The molecular weight excluding hydrogens is 677 g/mol. The van der Waals surface area contributed by atoms with Crippen LogP contribution in [-0.2, 0) is 20.3 Å². The lowest BCUT2D eigenvalue weighted by molar-refractivity contribution is 0.0224. The van der Waals surface area contributed by atoms with Gasteiger partial charge in [-0.1, -0.05) is 130 Å². The molecule has 4 aromatic rings. The zero-order valence-electron chi connectivity index (χ0n) is 34.2. The summed E-state index contributed by atoms with van der Waals surface area (Å²) in [5.41, 5.74) is 4.36. The van der Waals surface area contributed by atoms with E-state index in [9.17, 15) is 15.3 Å². The molecule has 7 nitrogen and oxygen atoms in total. The average molecular weight is 743 g/mol. The Kier molecular flexibility index (Phi) is 17.9. The van der Waals surface area contributed by atoms with Gasteiger partial charge in [0.2, 0.25) is 0 Å². The molecule has 0 bridgehead atoms. The number of rotatable bonds is 17. The van der Waals surface area contributed by atoms with E-state index in [1.54, 1.807) is 24.3 Å². The van der Waals surface area contributed by atoms with Crippen LogP contribution >= 0.6 is 0 Å². The SMILES string of the molecule is CCC(CC)C(O)COc1ccc(C(C)(C)c2ccc(O)cc2)cc1.CCC(CC)C1CO1.CCOCOc1ccc(C(C)(C)c2ccc(O)cc2)cc1. The molecule has 1 aliphatic heterocycles. The van der Waals surface area contributed by atoms with Crippen molar-refractivity contribution in [2.24, 2.45) is 11.8 Å². The largest absolute Gasteiger partial charge is 0.508 e. The van der Waals surface area contributed by atoms with Crippen LogP contribution in [0.25, 0.3) is 0 Å². The fraction of sp³-hybridized carbons (Fsp3) is 0.489. The van der Waals surface area contributed by atoms with E-state index < -0.39 is 6.10 Å². The van der Waals surface area contributed by atoms with Crippen LogP contribution in [0.1, 0.15) is 110 Å². The second kappa shape index (κ2) is 21.7. The summed E-state index contributed by atoms with van der Waals surface area (Å²) in [6.45, 7) is 21.5. The summed E-state index contributed by atoms with van der Waals surface area (Å²) in [5.74, 6) is 3.26.